The first kappa shape index (κ1) is 12.5. The number of aryl methyl sites for hydroxylation is 3. The van der Waals surface area contributed by atoms with E-state index in [4.69, 9.17) is 0 Å². The zero-order valence-corrected chi connectivity index (χ0v) is 12.4. The van der Waals surface area contributed by atoms with Gasteiger partial charge in [-0.05, 0) is 50.6 Å². The number of rotatable bonds is 2. The summed E-state index contributed by atoms with van der Waals surface area (Å²) in [5.74, 6) is 0.113. The standard InChI is InChI=1S/C14H13BrOS/c1-8-6-11(4-5-13(8)15)14(16)12-7-9(2)17-10(12)3/h4-7H,1-3H3. The Hall–Kier alpha value is -0.930. The molecule has 0 fully saturated rings. The van der Waals surface area contributed by atoms with Crippen molar-refractivity contribution in [3.05, 3.63) is 55.2 Å². The fourth-order valence-corrected chi connectivity index (χ4v) is 2.97. The summed E-state index contributed by atoms with van der Waals surface area (Å²) in [5.41, 5.74) is 2.67. The Kier molecular flexibility index (Phi) is 3.50. The predicted molar refractivity (Wildman–Crippen MR) is 76.1 cm³/mol. The molecule has 1 heterocycles. The smallest absolute Gasteiger partial charge is 0.194 e. The molecule has 0 spiro atoms. The highest BCUT2D eigenvalue weighted by molar-refractivity contribution is 9.10. The van der Waals surface area contributed by atoms with Crippen molar-refractivity contribution < 1.29 is 4.79 Å². The lowest BCUT2D eigenvalue weighted by Crippen LogP contribution is -2.01. The van der Waals surface area contributed by atoms with Crippen LogP contribution in [0.15, 0.2) is 28.7 Å². The summed E-state index contributed by atoms with van der Waals surface area (Å²) >= 11 is 5.11. The number of ketones is 1. The van der Waals surface area contributed by atoms with Gasteiger partial charge in [-0.15, -0.1) is 11.3 Å². The summed E-state index contributed by atoms with van der Waals surface area (Å²) < 4.78 is 1.03. The molecule has 0 aliphatic heterocycles. The van der Waals surface area contributed by atoms with E-state index in [0.717, 1.165) is 26.0 Å². The summed E-state index contributed by atoms with van der Waals surface area (Å²) in [6.45, 7) is 6.02. The molecule has 2 aromatic rings. The van der Waals surface area contributed by atoms with Crippen molar-refractivity contribution >= 4 is 33.0 Å². The minimum absolute atomic E-state index is 0.113. The van der Waals surface area contributed by atoms with Gasteiger partial charge in [0.2, 0.25) is 0 Å². The van der Waals surface area contributed by atoms with E-state index in [1.807, 2.05) is 45.0 Å². The predicted octanol–water partition coefficient (Wildman–Crippen LogP) is 4.67. The fourth-order valence-electron chi connectivity index (χ4n) is 1.80. The molecule has 88 valence electrons. The van der Waals surface area contributed by atoms with Gasteiger partial charge in [0.1, 0.15) is 0 Å². The molecule has 0 radical (unpaired) electrons. The third-order valence-corrected chi connectivity index (χ3v) is 4.56. The summed E-state index contributed by atoms with van der Waals surface area (Å²) in [5, 5.41) is 0. The van der Waals surface area contributed by atoms with Crippen molar-refractivity contribution in [2.45, 2.75) is 20.8 Å². The Bertz CT molecular complexity index is 584. The second kappa shape index (κ2) is 4.75. The Balaban J connectivity index is 2.44. The van der Waals surface area contributed by atoms with Crippen LogP contribution < -0.4 is 0 Å². The van der Waals surface area contributed by atoms with Crippen LogP contribution >= 0.6 is 27.3 Å². The van der Waals surface area contributed by atoms with Gasteiger partial charge in [-0.25, -0.2) is 0 Å². The normalized spacial score (nSPS) is 10.6. The van der Waals surface area contributed by atoms with Crippen LogP contribution in [0.4, 0.5) is 0 Å². The fraction of sp³-hybridized carbons (Fsp3) is 0.214. The summed E-state index contributed by atoms with van der Waals surface area (Å²) in [4.78, 5) is 14.6. The van der Waals surface area contributed by atoms with Crippen molar-refractivity contribution in [3.8, 4) is 0 Å². The third kappa shape index (κ3) is 2.50. The molecule has 1 aromatic heterocycles. The van der Waals surface area contributed by atoms with Crippen molar-refractivity contribution in [2.75, 3.05) is 0 Å². The number of hydrogen-bond acceptors (Lipinski definition) is 2. The highest BCUT2D eigenvalue weighted by atomic mass is 79.9. The van der Waals surface area contributed by atoms with Crippen LogP contribution in [0, 0.1) is 20.8 Å². The molecule has 0 saturated carbocycles. The molecule has 0 N–H and O–H groups in total. The van der Waals surface area contributed by atoms with Gasteiger partial charge in [-0.3, -0.25) is 4.79 Å². The zero-order chi connectivity index (χ0) is 12.6. The molecule has 0 bridgehead atoms. The van der Waals surface area contributed by atoms with Crippen LogP contribution in [0.3, 0.4) is 0 Å². The van der Waals surface area contributed by atoms with Gasteiger partial charge in [0.05, 0.1) is 0 Å². The van der Waals surface area contributed by atoms with Crippen LogP contribution in [-0.4, -0.2) is 5.78 Å². The molecule has 0 amide bonds. The largest absolute Gasteiger partial charge is 0.289 e. The summed E-state index contributed by atoms with van der Waals surface area (Å²) in [6, 6.07) is 7.70. The number of carbonyl (C=O) groups excluding carboxylic acids is 1. The van der Waals surface area contributed by atoms with Crippen LogP contribution in [0.1, 0.15) is 31.2 Å². The molecular formula is C14H13BrOS. The van der Waals surface area contributed by atoms with Crippen molar-refractivity contribution in [3.63, 3.8) is 0 Å². The number of thiophene rings is 1. The average Bonchev–Trinajstić information content (AvgIpc) is 2.61. The maximum absolute atomic E-state index is 12.3. The second-order valence-electron chi connectivity index (χ2n) is 4.12. The van der Waals surface area contributed by atoms with E-state index in [9.17, 15) is 4.79 Å². The number of halogens is 1. The van der Waals surface area contributed by atoms with Gasteiger partial charge in [0.15, 0.2) is 5.78 Å². The first-order valence-electron chi connectivity index (χ1n) is 5.37. The quantitative estimate of drug-likeness (QED) is 0.737. The molecule has 0 saturated heterocycles. The Morgan fingerprint density at radius 3 is 2.41 bits per heavy atom. The molecule has 0 aliphatic carbocycles. The second-order valence-corrected chi connectivity index (χ2v) is 6.43. The SMILES string of the molecule is Cc1cc(C(=O)c2ccc(Br)c(C)c2)c(C)s1. The molecule has 1 aromatic carbocycles. The van der Waals surface area contributed by atoms with Crippen LogP contribution in [0.5, 0.6) is 0 Å². The Labute approximate surface area is 114 Å². The van der Waals surface area contributed by atoms with Gasteiger partial charge in [0.25, 0.3) is 0 Å². The van der Waals surface area contributed by atoms with Crippen LogP contribution in [0.2, 0.25) is 0 Å². The number of carbonyl (C=O) groups is 1. The summed E-state index contributed by atoms with van der Waals surface area (Å²) in [7, 11) is 0. The molecule has 2 rings (SSSR count). The number of hydrogen-bond donors (Lipinski definition) is 0. The minimum atomic E-state index is 0.113. The highest BCUT2D eigenvalue weighted by Gasteiger charge is 2.14. The molecular weight excluding hydrogens is 296 g/mol. The lowest BCUT2D eigenvalue weighted by atomic mass is 10.0. The van der Waals surface area contributed by atoms with Gasteiger partial charge in [-0.2, -0.15) is 0 Å². The molecule has 17 heavy (non-hydrogen) atoms. The first-order valence-corrected chi connectivity index (χ1v) is 6.98. The van der Waals surface area contributed by atoms with E-state index in [1.165, 1.54) is 4.88 Å². The van der Waals surface area contributed by atoms with E-state index < -0.39 is 0 Å². The van der Waals surface area contributed by atoms with E-state index in [-0.39, 0.29) is 5.78 Å². The van der Waals surface area contributed by atoms with Gasteiger partial charge < -0.3 is 0 Å². The van der Waals surface area contributed by atoms with Crippen LogP contribution in [0.25, 0.3) is 0 Å². The van der Waals surface area contributed by atoms with Gasteiger partial charge in [-0.1, -0.05) is 15.9 Å². The lowest BCUT2D eigenvalue weighted by molar-refractivity contribution is 0.103. The van der Waals surface area contributed by atoms with E-state index in [1.54, 1.807) is 11.3 Å². The Morgan fingerprint density at radius 2 is 1.88 bits per heavy atom. The highest BCUT2D eigenvalue weighted by Crippen LogP contribution is 2.25. The lowest BCUT2D eigenvalue weighted by Gasteiger charge is -2.03. The Morgan fingerprint density at radius 1 is 1.18 bits per heavy atom. The monoisotopic (exact) mass is 308 g/mol. The molecule has 1 nitrogen and oxygen atoms in total. The van der Waals surface area contributed by atoms with Gasteiger partial charge >= 0.3 is 0 Å². The minimum Gasteiger partial charge on any atom is -0.289 e. The van der Waals surface area contributed by atoms with Crippen molar-refractivity contribution in [2.24, 2.45) is 0 Å². The molecule has 0 atom stereocenters. The first-order chi connectivity index (χ1) is 7.99. The van der Waals surface area contributed by atoms with Crippen molar-refractivity contribution in [1.29, 1.82) is 0 Å². The molecule has 0 unspecified atom stereocenters. The van der Waals surface area contributed by atoms with Crippen molar-refractivity contribution in [1.82, 2.24) is 0 Å². The topological polar surface area (TPSA) is 17.1 Å². The maximum atomic E-state index is 12.3. The molecule has 3 heteroatoms. The average molecular weight is 309 g/mol. The number of benzene rings is 1. The zero-order valence-electron chi connectivity index (χ0n) is 10.0. The molecule has 0 aliphatic rings. The van der Waals surface area contributed by atoms with E-state index in [2.05, 4.69) is 15.9 Å². The third-order valence-electron chi connectivity index (χ3n) is 2.71. The summed E-state index contributed by atoms with van der Waals surface area (Å²) in [6.07, 6.45) is 0. The van der Waals surface area contributed by atoms with E-state index >= 15 is 0 Å². The van der Waals surface area contributed by atoms with E-state index in [0.29, 0.717) is 0 Å². The van der Waals surface area contributed by atoms with Crippen LogP contribution in [-0.2, 0) is 0 Å². The maximum Gasteiger partial charge on any atom is 0.194 e. The van der Waals surface area contributed by atoms with Gasteiger partial charge in [0, 0.05) is 25.4 Å².